The fourth-order valence-electron chi connectivity index (χ4n) is 2.06. The van der Waals surface area contributed by atoms with Gasteiger partial charge < -0.3 is 9.40 Å². The van der Waals surface area contributed by atoms with Crippen LogP contribution in [0, 0.1) is 0 Å². The number of nitrogens with zero attached hydrogens (tertiary/aromatic N) is 3. The Morgan fingerprint density at radius 1 is 1.10 bits per heavy atom. The quantitative estimate of drug-likeness (QED) is 0.626. The molecule has 3 aromatic heterocycles. The zero-order valence-electron chi connectivity index (χ0n) is 10.4. The van der Waals surface area contributed by atoms with Gasteiger partial charge in [0.15, 0.2) is 0 Å². The van der Waals surface area contributed by atoms with Crippen molar-refractivity contribution < 1.29 is 4.42 Å². The molecule has 0 atom stereocenters. The highest BCUT2D eigenvalue weighted by Crippen LogP contribution is 2.23. The van der Waals surface area contributed by atoms with Crippen LogP contribution in [0.3, 0.4) is 0 Å². The summed E-state index contributed by atoms with van der Waals surface area (Å²) >= 11 is 1.58. The number of H-pyrrole nitrogens is 1. The highest BCUT2D eigenvalue weighted by atomic mass is 32.1. The van der Waals surface area contributed by atoms with Gasteiger partial charge in [-0.15, -0.1) is 21.5 Å². The molecule has 20 heavy (non-hydrogen) atoms. The topological polar surface area (TPSA) is 67.6 Å². The second-order valence-electron chi connectivity index (χ2n) is 4.36. The highest BCUT2D eigenvalue weighted by molar-refractivity contribution is 7.13. The van der Waals surface area contributed by atoms with E-state index in [9.17, 15) is 0 Å². The van der Waals surface area contributed by atoms with Crippen LogP contribution in [0.2, 0.25) is 0 Å². The standard InChI is InChI=1S/C14H10N4OS/c1-2-5-10-9(4-1)15-12(16-10)8-13-17-18-14(19-13)11-6-3-7-20-11/h1-7H,8H2,(H,15,16). The van der Waals surface area contributed by atoms with Crippen LogP contribution < -0.4 is 0 Å². The number of imidazole rings is 1. The van der Waals surface area contributed by atoms with E-state index >= 15 is 0 Å². The first-order chi connectivity index (χ1) is 9.88. The molecule has 0 bridgehead atoms. The van der Waals surface area contributed by atoms with E-state index in [0.29, 0.717) is 18.2 Å². The zero-order chi connectivity index (χ0) is 13.4. The van der Waals surface area contributed by atoms with Crippen molar-refractivity contribution in [3.63, 3.8) is 0 Å². The van der Waals surface area contributed by atoms with E-state index in [1.807, 2.05) is 41.8 Å². The van der Waals surface area contributed by atoms with E-state index in [0.717, 1.165) is 21.7 Å². The summed E-state index contributed by atoms with van der Waals surface area (Å²) in [5.41, 5.74) is 1.96. The Morgan fingerprint density at radius 2 is 2.05 bits per heavy atom. The van der Waals surface area contributed by atoms with Crippen molar-refractivity contribution in [2.45, 2.75) is 6.42 Å². The number of hydrogen-bond donors (Lipinski definition) is 1. The van der Waals surface area contributed by atoms with Gasteiger partial charge in [-0.05, 0) is 23.6 Å². The van der Waals surface area contributed by atoms with Crippen LogP contribution in [-0.4, -0.2) is 20.2 Å². The van der Waals surface area contributed by atoms with Gasteiger partial charge in [0.2, 0.25) is 5.89 Å². The largest absolute Gasteiger partial charge is 0.419 e. The van der Waals surface area contributed by atoms with Crippen LogP contribution in [0.1, 0.15) is 11.7 Å². The van der Waals surface area contributed by atoms with Crippen LogP contribution in [0.25, 0.3) is 21.8 Å². The van der Waals surface area contributed by atoms with Gasteiger partial charge in [0.05, 0.1) is 22.3 Å². The molecule has 1 aromatic carbocycles. The number of para-hydroxylation sites is 2. The smallest absolute Gasteiger partial charge is 0.257 e. The minimum absolute atomic E-state index is 0.507. The Balaban J connectivity index is 1.62. The van der Waals surface area contributed by atoms with Crippen molar-refractivity contribution in [3.05, 3.63) is 53.5 Å². The molecule has 0 aliphatic heterocycles. The maximum absolute atomic E-state index is 5.66. The zero-order valence-corrected chi connectivity index (χ0v) is 11.2. The van der Waals surface area contributed by atoms with Crippen molar-refractivity contribution in [1.29, 1.82) is 0 Å². The number of aromatic amines is 1. The van der Waals surface area contributed by atoms with Gasteiger partial charge >= 0.3 is 0 Å². The first-order valence-corrected chi connectivity index (χ1v) is 7.06. The van der Waals surface area contributed by atoms with Crippen LogP contribution in [0.15, 0.2) is 46.2 Å². The number of rotatable bonds is 3. The molecule has 0 aliphatic carbocycles. The van der Waals surface area contributed by atoms with Gasteiger partial charge in [-0.1, -0.05) is 18.2 Å². The highest BCUT2D eigenvalue weighted by Gasteiger charge is 2.11. The predicted octanol–water partition coefficient (Wildman–Crippen LogP) is 3.27. The van der Waals surface area contributed by atoms with Gasteiger partial charge in [-0.3, -0.25) is 0 Å². The number of hydrogen-bond acceptors (Lipinski definition) is 5. The molecule has 0 unspecified atom stereocenters. The number of fused-ring (bicyclic) bond motifs is 1. The summed E-state index contributed by atoms with van der Waals surface area (Å²) < 4.78 is 5.66. The molecular weight excluding hydrogens is 272 g/mol. The second kappa shape index (κ2) is 4.57. The van der Waals surface area contributed by atoms with Crippen LogP contribution >= 0.6 is 11.3 Å². The lowest BCUT2D eigenvalue weighted by atomic mass is 10.3. The third-order valence-electron chi connectivity index (χ3n) is 2.96. The van der Waals surface area contributed by atoms with E-state index in [1.54, 1.807) is 11.3 Å². The summed E-state index contributed by atoms with van der Waals surface area (Å²) in [6.07, 6.45) is 0.507. The minimum atomic E-state index is 0.507. The normalized spacial score (nSPS) is 11.2. The monoisotopic (exact) mass is 282 g/mol. The van der Waals surface area contributed by atoms with E-state index in [-0.39, 0.29) is 0 Å². The van der Waals surface area contributed by atoms with Gasteiger partial charge in [-0.25, -0.2) is 4.98 Å². The van der Waals surface area contributed by atoms with Gasteiger partial charge in [0.1, 0.15) is 5.82 Å². The van der Waals surface area contributed by atoms with Gasteiger partial charge in [0, 0.05) is 0 Å². The average molecular weight is 282 g/mol. The number of benzene rings is 1. The summed E-state index contributed by atoms with van der Waals surface area (Å²) in [7, 11) is 0. The Morgan fingerprint density at radius 3 is 2.90 bits per heavy atom. The lowest BCUT2D eigenvalue weighted by Gasteiger charge is -1.89. The summed E-state index contributed by atoms with van der Waals surface area (Å²) in [5.74, 6) is 1.95. The number of nitrogens with one attached hydrogen (secondary N) is 1. The molecule has 3 heterocycles. The number of aromatic nitrogens is 4. The predicted molar refractivity (Wildman–Crippen MR) is 76.5 cm³/mol. The van der Waals surface area contributed by atoms with Crippen molar-refractivity contribution in [2.75, 3.05) is 0 Å². The first-order valence-electron chi connectivity index (χ1n) is 6.18. The Hall–Kier alpha value is -2.47. The fraction of sp³-hybridized carbons (Fsp3) is 0.0714. The van der Waals surface area contributed by atoms with Gasteiger partial charge in [-0.2, -0.15) is 0 Å². The maximum Gasteiger partial charge on any atom is 0.257 e. The molecule has 0 saturated heterocycles. The summed E-state index contributed by atoms with van der Waals surface area (Å²) in [6.45, 7) is 0. The number of thiophene rings is 1. The van der Waals surface area contributed by atoms with Crippen molar-refractivity contribution in [3.8, 4) is 10.8 Å². The SMILES string of the molecule is c1csc(-c2nnc(Cc3nc4ccccc4[nH]3)o2)c1. The molecule has 98 valence electrons. The molecule has 0 radical (unpaired) electrons. The van der Waals surface area contributed by atoms with E-state index in [4.69, 9.17) is 4.42 Å². The van der Waals surface area contributed by atoms with E-state index in [1.165, 1.54) is 0 Å². The molecule has 0 aliphatic rings. The Kier molecular flexibility index (Phi) is 2.60. The van der Waals surface area contributed by atoms with Gasteiger partial charge in [0.25, 0.3) is 5.89 Å². The lowest BCUT2D eigenvalue weighted by molar-refractivity contribution is 0.516. The molecule has 0 amide bonds. The molecule has 5 nitrogen and oxygen atoms in total. The second-order valence-corrected chi connectivity index (χ2v) is 5.30. The first kappa shape index (κ1) is 11.4. The van der Waals surface area contributed by atoms with Crippen molar-refractivity contribution in [2.24, 2.45) is 0 Å². The Labute approximate surface area is 118 Å². The third kappa shape index (κ3) is 2.00. The van der Waals surface area contributed by atoms with E-state index in [2.05, 4.69) is 20.2 Å². The molecule has 0 saturated carbocycles. The Bertz CT molecular complexity index is 814. The third-order valence-corrected chi connectivity index (χ3v) is 3.81. The van der Waals surface area contributed by atoms with Crippen LogP contribution in [-0.2, 0) is 6.42 Å². The lowest BCUT2D eigenvalue weighted by Crippen LogP contribution is -1.90. The minimum Gasteiger partial charge on any atom is -0.419 e. The molecule has 0 spiro atoms. The summed E-state index contributed by atoms with van der Waals surface area (Å²) in [5, 5.41) is 10.1. The summed E-state index contributed by atoms with van der Waals surface area (Å²) in [4.78, 5) is 8.73. The van der Waals surface area contributed by atoms with Crippen LogP contribution in [0.5, 0.6) is 0 Å². The van der Waals surface area contributed by atoms with Crippen molar-refractivity contribution in [1.82, 2.24) is 20.2 Å². The summed E-state index contributed by atoms with van der Waals surface area (Å²) in [6, 6.07) is 11.8. The van der Waals surface area contributed by atoms with Crippen LogP contribution in [0.4, 0.5) is 0 Å². The fourth-order valence-corrected chi connectivity index (χ4v) is 2.70. The molecule has 6 heteroatoms. The molecule has 4 aromatic rings. The average Bonchev–Trinajstić information content (AvgIpc) is 3.18. The molecule has 0 fully saturated rings. The maximum atomic E-state index is 5.66. The van der Waals surface area contributed by atoms with E-state index < -0.39 is 0 Å². The molecule has 1 N–H and O–H groups in total. The molecule has 4 rings (SSSR count). The molecular formula is C14H10N4OS. The van der Waals surface area contributed by atoms with Crippen molar-refractivity contribution >= 4 is 22.4 Å².